The number of nitrogens with zero attached hydrogens (tertiary/aromatic N) is 2. The predicted molar refractivity (Wildman–Crippen MR) is 98.4 cm³/mol. The van der Waals surface area contributed by atoms with Gasteiger partial charge in [-0.2, -0.15) is 10.5 Å². The lowest BCUT2D eigenvalue weighted by atomic mass is 10.1. The van der Waals surface area contributed by atoms with Gasteiger partial charge in [0.15, 0.2) is 0 Å². The van der Waals surface area contributed by atoms with Crippen LogP contribution in [0.5, 0.6) is 0 Å². The predicted octanol–water partition coefficient (Wildman–Crippen LogP) is 4.19. The van der Waals surface area contributed by atoms with Gasteiger partial charge in [-0.25, -0.2) is 9.59 Å². The molecule has 0 amide bonds. The topological polar surface area (TPSA) is 100 Å². The van der Waals surface area contributed by atoms with Gasteiger partial charge in [0.2, 0.25) is 0 Å². The molecule has 0 bridgehead atoms. The summed E-state index contributed by atoms with van der Waals surface area (Å²) in [6, 6.07) is 4.20. The van der Waals surface area contributed by atoms with Crippen molar-refractivity contribution in [2.45, 2.75) is 27.7 Å². The number of esters is 2. The minimum Gasteiger partial charge on any atom is -0.462 e. The van der Waals surface area contributed by atoms with Gasteiger partial charge in [0.25, 0.3) is 0 Å². The van der Waals surface area contributed by atoms with E-state index in [0.717, 1.165) is 22.7 Å². The fraction of sp³-hybridized carbons (Fsp3) is 0.333. The monoisotopic (exact) mass is 388 g/mol. The number of carbonyl (C=O) groups excluding carboxylic acids is 2. The van der Waals surface area contributed by atoms with Crippen LogP contribution >= 0.6 is 22.7 Å². The Balaban J connectivity index is 2.69. The van der Waals surface area contributed by atoms with Crippen molar-refractivity contribution < 1.29 is 19.1 Å². The first-order chi connectivity index (χ1) is 12.4. The lowest BCUT2D eigenvalue weighted by Gasteiger charge is -1.98. The van der Waals surface area contributed by atoms with E-state index in [1.807, 2.05) is 0 Å². The third kappa shape index (κ3) is 3.34. The Kier molecular flexibility index (Phi) is 6.14. The van der Waals surface area contributed by atoms with E-state index in [9.17, 15) is 20.1 Å². The molecule has 0 aliphatic carbocycles. The van der Waals surface area contributed by atoms with Crippen LogP contribution in [-0.2, 0) is 9.47 Å². The summed E-state index contributed by atoms with van der Waals surface area (Å²) < 4.78 is 10.1. The average Bonchev–Trinajstić information content (AvgIpc) is 3.11. The molecule has 0 unspecified atom stereocenters. The number of nitriles is 2. The molecule has 134 valence electrons. The number of hydrogen-bond acceptors (Lipinski definition) is 8. The molecule has 26 heavy (non-hydrogen) atoms. The number of thiophene rings is 2. The Labute approximate surface area is 159 Å². The smallest absolute Gasteiger partial charge is 0.348 e. The molecule has 0 saturated heterocycles. The fourth-order valence-electron chi connectivity index (χ4n) is 2.40. The van der Waals surface area contributed by atoms with Gasteiger partial charge < -0.3 is 9.47 Å². The largest absolute Gasteiger partial charge is 0.462 e. The second-order valence-corrected chi connectivity index (χ2v) is 7.23. The third-order valence-corrected chi connectivity index (χ3v) is 6.35. The molecule has 2 aromatic heterocycles. The van der Waals surface area contributed by atoms with Crippen molar-refractivity contribution in [1.29, 1.82) is 10.5 Å². The van der Waals surface area contributed by atoms with Gasteiger partial charge in [0, 0.05) is 0 Å². The van der Waals surface area contributed by atoms with Gasteiger partial charge in [-0.3, -0.25) is 0 Å². The van der Waals surface area contributed by atoms with Crippen molar-refractivity contribution in [3.63, 3.8) is 0 Å². The summed E-state index contributed by atoms with van der Waals surface area (Å²) in [4.78, 5) is 25.9. The molecule has 0 fully saturated rings. The minimum absolute atomic E-state index is 0.224. The molecule has 6 nitrogen and oxygen atoms in total. The summed E-state index contributed by atoms with van der Waals surface area (Å²) in [6.45, 7) is 7.20. The second kappa shape index (κ2) is 8.13. The minimum atomic E-state index is -0.504. The summed E-state index contributed by atoms with van der Waals surface area (Å²) in [6.07, 6.45) is 0. The van der Waals surface area contributed by atoms with E-state index in [2.05, 4.69) is 12.1 Å². The highest BCUT2D eigenvalue weighted by molar-refractivity contribution is 7.24. The Morgan fingerprint density at radius 1 is 0.846 bits per heavy atom. The lowest BCUT2D eigenvalue weighted by molar-refractivity contribution is 0.0521. The maximum absolute atomic E-state index is 12.1. The molecular formula is C18H16N2O4S2. The van der Waals surface area contributed by atoms with E-state index in [4.69, 9.17) is 9.47 Å². The molecule has 0 spiro atoms. The first-order valence-electron chi connectivity index (χ1n) is 7.82. The van der Waals surface area contributed by atoms with Gasteiger partial charge in [-0.05, 0) is 38.8 Å². The lowest BCUT2D eigenvalue weighted by Crippen LogP contribution is -2.03. The molecule has 0 N–H and O–H groups in total. The molecule has 2 aromatic rings. The fourth-order valence-corrected chi connectivity index (χ4v) is 4.84. The van der Waals surface area contributed by atoms with Crippen LogP contribution in [0.25, 0.3) is 9.75 Å². The number of hydrogen-bond donors (Lipinski definition) is 0. The summed E-state index contributed by atoms with van der Waals surface area (Å²) in [5, 5.41) is 19.1. The SMILES string of the molecule is CCOC(=O)c1sc(-c2sc(C(=O)OCC)c(C)c2C#N)c(C#N)c1C. The number of rotatable bonds is 5. The van der Waals surface area contributed by atoms with Crippen LogP contribution in [-0.4, -0.2) is 25.2 Å². The van der Waals surface area contributed by atoms with E-state index >= 15 is 0 Å². The quantitative estimate of drug-likeness (QED) is 0.712. The maximum Gasteiger partial charge on any atom is 0.348 e. The molecule has 0 aliphatic rings. The highest BCUT2D eigenvalue weighted by atomic mass is 32.1. The van der Waals surface area contributed by atoms with Crippen LogP contribution in [0.3, 0.4) is 0 Å². The van der Waals surface area contributed by atoms with E-state index in [0.29, 0.717) is 41.8 Å². The highest BCUT2D eigenvalue weighted by Gasteiger charge is 2.28. The Hall–Kier alpha value is -2.68. The van der Waals surface area contributed by atoms with Gasteiger partial charge in [-0.1, -0.05) is 0 Å². The molecule has 0 saturated carbocycles. The Bertz CT molecular complexity index is 879. The molecule has 2 heterocycles. The zero-order valence-electron chi connectivity index (χ0n) is 14.8. The van der Waals surface area contributed by atoms with Crippen molar-refractivity contribution in [3.05, 3.63) is 32.0 Å². The summed E-state index contributed by atoms with van der Waals surface area (Å²) >= 11 is 2.20. The van der Waals surface area contributed by atoms with Crippen LogP contribution in [0.15, 0.2) is 0 Å². The summed E-state index contributed by atoms with van der Waals surface area (Å²) in [5.74, 6) is -1.01. The van der Waals surface area contributed by atoms with Crippen molar-refractivity contribution in [1.82, 2.24) is 0 Å². The molecular weight excluding hydrogens is 372 g/mol. The van der Waals surface area contributed by atoms with E-state index in [1.165, 1.54) is 0 Å². The van der Waals surface area contributed by atoms with Gasteiger partial charge in [0.1, 0.15) is 21.9 Å². The number of carbonyl (C=O) groups is 2. The average molecular weight is 388 g/mol. The molecule has 2 rings (SSSR count). The van der Waals surface area contributed by atoms with Gasteiger partial charge in [0.05, 0.1) is 34.1 Å². The van der Waals surface area contributed by atoms with Crippen LogP contribution in [0.4, 0.5) is 0 Å². The highest BCUT2D eigenvalue weighted by Crippen LogP contribution is 2.43. The maximum atomic E-state index is 12.1. The summed E-state index contributed by atoms with van der Waals surface area (Å²) in [5.41, 5.74) is 1.65. The van der Waals surface area contributed by atoms with Crippen molar-refractivity contribution >= 4 is 34.6 Å². The second-order valence-electron chi connectivity index (χ2n) is 5.19. The standard InChI is InChI=1S/C18H16N2O4S2/c1-5-23-17(21)13-9(3)11(7-19)15(25-13)16-12(8-20)10(4)14(26-16)18(22)24-6-2/h5-6H2,1-4H3. The molecule has 0 radical (unpaired) electrons. The van der Waals surface area contributed by atoms with Crippen LogP contribution in [0, 0.1) is 36.5 Å². The molecule has 0 aliphatic heterocycles. The van der Waals surface area contributed by atoms with Crippen LogP contribution in [0.2, 0.25) is 0 Å². The van der Waals surface area contributed by atoms with E-state index in [-0.39, 0.29) is 13.2 Å². The van der Waals surface area contributed by atoms with Crippen molar-refractivity contribution in [2.24, 2.45) is 0 Å². The Morgan fingerprint density at radius 2 is 1.19 bits per heavy atom. The van der Waals surface area contributed by atoms with E-state index in [1.54, 1.807) is 27.7 Å². The third-order valence-electron chi connectivity index (χ3n) is 3.65. The number of ether oxygens (including phenoxy) is 2. The van der Waals surface area contributed by atoms with Crippen LogP contribution < -0.4 is 0 Å². The molecule has 0 atom stereocenters. The first kappa shape index (κ1) is 19.6. The Morgan fingerprint density at radius 3 is 1.46 bits per heavy atom. The zero-order chi connectivity index (χ0) is 19.4. The van der Waals surface area contributed by atoms with Crippen molar-refractivity contribution in [2.75, 3.05) is 13.2 Å². The normalized spacial score (nSPS) is 10.1. The van der Waals surface area contributed by atoms with E-state index < -0.39 is 11.9 Å². The molecule has 0 aromatic carbocycles. The zero-order valence-corrected chi connectivity index (χ0v) is 16.4. The van der Waals surface area contributed by atoms with Gasteiger partial charge in [-0.15, -0.1) is 22.7 Å². The van der Waals surface area contributed by atoms with Crippen LogP contribution in [0.1, 0.15) is 55.4 Å². The first-order valence-corrected chi connectivity index (χ1v) is 9.45. The van der Waals surface area contributed by atoms with Crippen molar-refractivity contribution in [3.8, 4) is 21.9 Å². The molecule has 8 heteroatoms. The summed E-state index contributed by atoms with van der Waals surface area (Å²) in [7, 11) is 0. The van der Waals surface area contributed by atoms with Gasteiger partial charge >= 0.3 is 11.9 Å².